The van der Waals surface area contributed by atoms with Crippen molar-refractivity contribution < 1.29 is 19.0 Å². The Morgan fingerprint density at radius 2 is 1.97 bits per heavy atom. The van der Waals surface area contributed by atoms with E-state index < -0.39 is 0 Å². The molecule has 1 aromatic heterocycles. The molecule has 0 spiro atoms. The van der Waals surface area contributed by atoms with Gasteiger partial charge in [-0.05, 0) is 86.7 Å². The molecule has 5 rings (SSSR count). The first-order chi connectivity index (χ1) is 18.4. The number of aromatic nitrogens is 2. The highest BCUT2D eigenvalue weighted by Crippen LogP contribution is 2.35. The van der Waals surface area contributed by atoms with Gasteiger partial charge in [-0.15, -0.1) is 0 Å². The van der Waals surface area contributed by atoms with E-state index in [1.54, 1.807) is 0 Å². The van der Waals surface area contributed by atoms with Crippen LogP contribution in [-0.4, -0.2) is 53.9 Å². The Labute approximate surface area is 225 Å². The quantitative estimate of drug-likeness (QED) is 0.353. The van der Waals surface area contributed by atoms with E-state index in [1.165, 1.54) is 5.57 Å². The van der Waals surface area contributed by atoms with E-state index in [9.17, 15) is 4.79 Å². The molecule has 0 amide bonds. The Balaban J connectivity index is 1.25. The lowest BCUT2D eigenvalue weighted by Gasteiger charge is -2.32. The van der Waals surface area contributed by atoms with Gasteiger partial charge in [0, 0.05) is 29.3 Å². The summed E-state index contributed by atoms with van der Waals surface area (Å²) < 4.78 is 17.9. The molecule has 0 radical (unpaired) electrons. The average molecular weight is 518 g/mol. The molecule has 0 saturated carbocycles. The van der Waals surface area contributed by atoms with Crippen LogP contribution in [0.4, 0.5) is 0 Å². The molecule has 1 saturated heterocycles. The minimum atomic E-state index is -0.0794. The van der Waals surface area contributed by atoms with Crippen LogP contribution in [0.3, 0.4) is 0 Å². The minimum absolute atomic E-state index is 0.0342. The monoisotopic (exact) mass is 517 g/mol. The number of H-pyrrole nitrogens is 1. The SMILES string of the molecule is CCOC(=O)C1CCN(CC2=Cc3ccc(OC(c4ccc5n[nH]c(CC)c5c4)C(C)C)cc3OC2)CC1. The number of benzene rings is 2. The third-order valence-corrected chi connectivity index (χ3v) is 7.60. The highest BCUT2D eigenvalue weighted by atomic mass is 16.5. The van der Waals surface area contributed by atoms with Gasteiger partial charge in [0.1, 0.15) is 24.2 Å². The number of carbonyl (C=O) groups excluding carboxylic acids is 1. The smallest absolute Gasteiger partial charge is 0.309 e. The molecule has 1 atom stereocenters. The number of ether oxygens (including phenoxy) is 3. The first-order valence-corrected chi connectivity index (χ1v) is 13.9. The largest absolute Gasteiger partial charge is 0.488 e. The van der Waals surface area contributed by atoms with Gasteiger partial charge in [0.25, 0.3) is 0 Å². The zero-order valence-corrected chi connectivity index (χ0v) is 23.0. The summed E-state index contributed by atoms with van der Waals surface area (Å²) in [6.07, 6.45) is 4.78. The van der Waals surface area contributed by atoms with Crippen molar-refractivity contribution in [3.8, 4) is 11.5 Å². The maximum atomic E-state index is 12.0. The zero-order valence-electron chi connectivity index (χ0n) is 23.0. The summed E-state index contributed by atoms with van der Waals surface area (Å²) in [6, 6.07) is 12.5. The van der Waals surface area contributed by atoms with Gasteiger partial charge >= 0.3 is 5.97 Å². The van der Waals surface area contributed by atoms with E-state index in [0.29, 0.717) is 19.1 Å². The number of hydrogen-bond donors (Lipinski definition) is 1. The molecule has 0 bridgehead atoms. The lowest BCUT2D eigenvalue weighted by Crippen LogP contribution is -2.38. The van der Waals surface area contributed by atoms with Crippen molar-refractivity contribution >= 4 is 22.9 Å². The molecule has 1 unspecified atom stereocenters. The van der Waals surface area contributed by atoms with E-state index in [4.69, 9.17) is 14.2 Å². The lowest BCUT2D eigenvalue weighted by molar-refractivity contribution is -0.149. The van der Waals surface area contributed by atoms with Crippen molar-refractivity contribution in [3.63, 3.8) is 0 Å². The lowest BCUT2D eigenvalue weighted by atomic mass is 9.96. The van der Waals surface area contributed by atoms with Crippen LogP contribution in [0, 0.1) is 11.8 Å². The van der Waals surface area contributed by atoms with E-state index in [1.807, 2.05) is 19.1 Å². The molecular formula is C31H39N3O4. The van der Waals surface area contributed by atoms with Gasteiger partial charge in [-0.25, -0.2) is 0 Å². The molecule has 2 aromatic carbocycles. The van der Waals surface area contributed by atoms with E-state index in [2.05, 4.69) is 66.2 Å². The number of rotatable bonds is 9. The van der Waals surface area contributed by atoms with Crippen LogP contribution in [0.5, 0.6) is 11.5 Å². The second-order valence-corrected chi connectivity index (χ2v) is 10.7. The van der Waals surface area contributed by atoms with Gasteiger partial charge in [0.05, 0.1) is 18.0 Å². The fourth-order valence-corrected chi connectivity index (χ4v) is 5.49. The van der Waals surface area contributed by atoms with Crippen molar-refractivity contribution in [1.82, 2.24) is 15.1 Å². The molecule has 1 N–H and O–H groups in total. The van der Waals surface area contributed by atoms with Crippen LogP contribution in [-0.2, 0) is 16.0 Å². The van der Waals surface area contributed by atoms with Gasteiger partial charge in [-0.2, -0.15) is 5.10 Å². The molecular weight excluding hydrogens is 478 g/mol. The number of piperidine rings is 1. The molecule has 202 valence electrons. The first-order valence-electron chi connectivity index (χ1n) is 13.9. The predicted molar refractivity (Wildman–Crippen MR) is 149 cm³/mol. The van der Waals surface area contributed by atoms with Gasteiger partial charge in [-0.3, -0.25) is 14.8 Å². The summed E-state index contributed by atoms with van der Waals surface area (Å²) in [5.41, 5.74) is 5.62. The molecule has 2 aliphatic rings. The molecule has 2 aliphatic heterocycles. The zero-order chi connectivity index (χ0) is 26.6. The van der Waals surface area contributed by atoms with Crippen molar-refractivity contribution in [2.75, 3.05) is 32.8 Å². The third kappa shape index (κ3) is 5.73. The second-order valence-electron chi connectivity index (χ2n) is 10.7. The third-order valence-electron chi connectivity index (χ3n) is 7.60. The normalized spacial score (nSPS) is 17.1. The maximum absolute atomic E-state index is 12.0. The molecule has 7 heteroatoms. The number of aryl methyl sites for hydroxylation is 1. The predicted octanol–water partition coefficient (Wildman–Crippen LogP) is 5.95. The Bertz CT molecular complexity index is 1300. The number of nitrogens with zero attached hydrogens (tertiary/aromatic N) is 2. The molecule has 3 aromatic rings. The number of carbonyl (C=O) groups is 1. The number of esters is 1. The van der Waals surface area contributed by atoms with Gasteiger partial charge in [0.2, 0.25) is 0 Å². The van der Waals surface area contributed by atoms with Crippen LogP contribution in [0.2, 0.25) is 0 Å². The molecule has 0 aliphatic carbocycles. The number of aromatic amines is 1. The van der Waals surface area contributed by atoms with Crippen LogP contribution >= 0.6 is 0 Å². The van der Waals surface area contributed by atoms with Crippen LogP contribution in [0.25, 0.3) is 17.0 Å². The Morgan fingerprint density at radius 1 is 1.16 bits per heavy atom. The van der Waals surface area contributed by atoms with Gasteiger partial charge in [-0.1, -0.05) is 26.8 Å². The number of likely N-dealkylation sites (tertiary alicyclic amines) is 1. The van der Waals surface area contributed by atoms with Gasteiger partial charge in [0.15, 0.2) is 0 Å². The first kappa shape index (κ1) is 26.3. The minimum Gasteiger partial charge on any atom is -0.488 e. The summed E-state index contributed by atoms with van der Waals surface area (Å²) in [5.74, 6) is 1.94. The Morgan fingerprint density at radius 3 is 2.71 bits per heavy atom. The van der Waals surface area contributed by atoms with E-state index in [0.717, 1.165) is 78.1 Å². The standard InChI is InChI=1S/C31H39N3O4/c1-5-27-26-16-24(8-10-28(26)33-32-27)30(20(3)4)38-25-9-7-23-15-21(19-37-29(23)17-25)18-34-13-11-22(12-14-34)31(35)36-6-2/h7-10,15-17,20,22,30H,5-6,11-14,18-19H2,1-4H3,(H,32,33). The van der Waals surface area contributed by atoms with Crippen LogP contribution in [0.15, 0.2) is 42.0 Å². The highest BCUT2D eigenvalue weighted by molar-refractivity contribution is 5.82. The summed E-state index contributed by atoms with van der Waals surface area (Å²) in [4.78, 5) is 14.4. The van der Waals surface area contributed by atoms with Crippen LogP contribution < -0.4 is 9.47 Å². The van der Waals surface area contributed by atoms with Crippen molar-refractivity contribution in [3.05, 3.63) is 58.8 Å². The number of hydrogen-bond acceptors (Lipinski definition) is 6. The molecule has 7 nitrogen and oxygen atoms in total. The summed E-state index contributed by atoms with van der Waals surface area (Å²) in [5, 5.41) is 8.73. The summed E-state index contributed by atoms with van der Waals surface area (Å²) in [6.45, 7) is 12.1. The number of fused-ring (bicyclic) bond motifs is 2. The van der Waals surface area contributed by atoms with Crippen LogP contribution in [0.1, 0.15) is 63.5 Å². The Hall–Kier alpha value is -3.32. The summed E-state index contributed by atoms with van der Waals surface area (Å²) in [7, 11) is 0. The fourth-order valence-electron chi connectivity index (χ4n) is 5.49. The number of nitrogens with one attached hydrogen (secondary N) is 1. The van der Waals surface area contributed by atoms with E-state index in [-0.39, 0.29) is 18.0 Å². The molecule has 3 heterocycles. The van der Waals surface area contributed by atoms with Crippen molar-refractivity contribution in [1.29, 1.82) is 0 Å². The van der Waals surface area contributed by atoms with Gasteiger partial charge < -0.3 is 14.2 Å². The highest BCUT2D eigenvalue weighted by Gasteiger charge is 2.27. The average Bonchev–Trinajstić information content (AvgIpc) is 3.34. The molecule has 38 heavy (non-hydrogen) atoms. The maximum Gasteiger partial charge on any atom is 0.309 e. The summed E-state index contributed by atoms with van der Waals surface area (Å²) >= 11 is 0. The fraction of sp³-hybridized carbons (Fsp3) is 0.484. The van der Waals surface area contributed by atoms with Crippen molar-refractivity contribution in [2.24, 2.45) is 11.8 Å². The second kappa shape index (κ2) is 11.6. The molecule has 1 fully saturated rings. The topological polar surface area (TPSA) is 76.7 Å². The van der Waals surface area contributed by atoms with E-state index >= 15 is 0 Å². The van der Waals surface area contributed by atoms with Crippen molar-refractivity contribution in [2.45, 2.75) is 53.1 Å². The Kier molecular flexibility index (Phi) is 8.03.